The Kier molecular flexibility index (Phi) is 12.4. The summed E-state index contributed by atoms with van der Waals surface area (Å²) in [5.74, 6) is 0.870. The second kappa shape index (κ2) is 12.8. The Morgan fingerprint density at radius 2 is 1.14 bits per heavy atom. The lowest BCUT2D eigenvalue weighted by atomic mass is 9.94. The average molecular weight is 315 g/mol. The molecule has 4 unspecified atom stereocenters. The number of hydrogen-bond donors (Lipinski definition) is 0. The first-order chi connectivity index (χ1) is 10.5. The van der Waals surface area contributed by atoms with E-state index in [1.54, 1.807) is 0 Å². The Balaban J connectivity index is 4.28. The Hall–Kier alpha value is -0.730. The van der Waals surface area contributed by atoms with Gasteiger partial charge >= 0.3 is 6.16 Å². The molecule has 0 radical (unpaired) electrons. The summed E-state index contributed by atoms with van der Waals surface area (Å²) < 4.78 is 11.0. The molecule has 0 aliphatic rings. The fourth-order valence-electron chi connectivity index (χ4n) is 3.00. The summed E-state index contributed by atoms with van der Waals surface area (Å²) >= 11 is 0. The molecule has 4 atom stereocenters. The average Bonchev–Trinajstić information content (AvgIpc) is 2.48. The van der Waals surface area contributed by atoms with Crippen molar-refractivity contribution in [1.29, 1.82) is 0 Å². The van der Waals surface area contributed by atoms with Crippen LogP contribution in [0.5, 0.6) is 0 Å². The molecular weight excluding hydrogens is 276 g/mol. The van der Waals surface area contributed by atoms with Gasteiger partial charge in [0, 0.05) is 0 Å². The molecule has 22 heavy (non-hydrogen) atoms. The van der Waals surface area contributed by atoms with E-state index in [9.17, 15) is 4.79 Å². The van der Waals surface area contributed by atoms with Gasteiger partial charge in [0.05, 0.1) is 0 Å². The van der Waals surface area contributed by atoms with Crippen LogP contribution >= 0.6 is 0 Å². The second-order valence-electron chi connectivity index (χ2n) is 6.52. The second-order valence-corrected chi connectivity index (χ2v) is 6.52. The molecule has 0 rings (SSSR count). The first kappa shape index (κ1) is 21.3. The summed E-state index contributed by atoms with van der Waals surface area (Å²) in [7, 11) is 0. The maximum absolute atomic E-state index is 12.0. The van der Waals surface area contributed by atoms with Gasteiger partial charge in [-0.3, -0.25) is 0 Å². The lowest BCUT2D eigenvalue weighted by Crippen LogP contribution is -2.29. The molecule has 0 amide bonds. The van der Waals surface area contributed by atoms with E-state index in [1.165, 1.54) is 25.7 Å². The first-order valence-corrected chi connectivity index (χ1v) is 9.37. The highest BCUT2D eigenvalue weighted by molar-refractivity contribution is 5.60. The predicted octanol–water partition coefficient (Wildman–Crippen LogP) is 6.35. The van der Waals surface area contributed by atoms with Crippen LogP contribution in [0.15, 0.2) is 0 Å². The van der Waals surface area contributed by atoms with Gasteiger partial charge in [0.2, 0.25) is 0 Å². The third kappa shape index (κ3) is 8.65. The van der Waals surface area contributed by atoms with E-state index in [2.05, 4.69) is 27.7 Å². The zero-order valence-corrected chi connectivity index (χ0v) is 15.7. The molecule has 0 fully saturated rings. The monoisotopic (exact) mass is 314 g/mol. The zero-order valence-electron chi connectivity index (χ0n) is 15.7. The third-order valence-corrected chi connectivity index (χ3v) is 4.80. The van der Waals surface area contributed by atoms with Gasteiger partial charge in [-0.2, -0.15) is 0 Å². The number of ether oxygens (including phenoxy) is 2. The molecule has 0 saturated heterocycles. The van der Waals surface area contributed by atoms with Gasteiger partial charge < -0.3 is 9.47 Å². The third-order valence-electron chi connectivity index (χ3n) is 4.80. The quantitative estimate of drug-likeness (QED) is 0.394. The van der Waals surface area contributed by atoms with E-state index >= 15 is 0 Å². The van der Waals surface area contributed by atoms with Crippen molar-refractivity contribution < 1.29 is 14.3 Å². The summed E-state index contributed by atoms with van der Waals surface area (Å²) in [5, 5.41) is 0. The van der Waals surface area contributed by atoms with Gasteiger partial charge in [0.25, 0.3) is 0 Å². The molecular formula is C19H38O3. The minimum Gasteiger partial charge on any atom is -0.431 e. The van der Waals surface area contributed by atoms with Crippen LogP contribution in [0.2, 0.25) is 0 Å². The highest BCUT2D eigenvalue weighted by Crippen LogP contribution is 2.22. The first-order valence-electron chi connectivity index (χ1n) is 9.37. The van der Waals surface area contributed by atoms with Crippen LogP contribution in [0.25, 0.3) is 0 Å². The normalized spacial score (nSPS) is 16.6. The van der Waals surface area contributed by atoms with E-state index in [0.717, 1.165) is 25.7 Å². The fraction of sp³-hybridized carbons (Fsp3) is 0.947. The van der Waals surface area contributed by atoms with Crippen molar-refractivity contribution in [3.63, 3.8) is 0 Å². The van der Waals surface area contributed by atoms with Crippen molar-refractivity contribution in [1.82, 2.24) is 0 Å². The van der Waals surface area contributed by atoms with E-state index in [0.29, 0.717) is 11.8 Å². The molecule has 0 aromatic heterocycles. The smallest absolute Gasteiger partial charge is 0.431 e. The van der Waals surface area contributed by atoms with Crippen LogP contribution in [0, 0.1) is 11.8 Å². The Morgan fingerprint density at radius 1 is 0.773 bits per heavy atom. The molecule has 0 spiro atoms. The van der Waals surface area contributed by atoms with Crippen LogP contribution in [0.1, 0.15) is 92.9 Å². The molecule has 0 bridgehead atoms. The maximum Gasteiger partial charge on any atom is 0.508 e. The Morgan fingerprint density at radius 3 is 1.41 bits per heavy atom. The largest absolute Gasteiger partial charge is 0.508 e. The summed E-state index contributed by atoms with van der Waals surface area (Å²) in [6, 6.07) is 0. The minimum absolute atomic E-state index is 0.0630. The van der Waals surface area contributed by atoms with E-state index < -0.39 is 6.16 Å². The SMILES string of the molecule is CCCCC(CC)C(C)OC(=O)OC(C)C(CC)CCCC. The van der Waals surface area contributed by atoms with Crippen LogP contribution < -0.4 is 0 Å². The summed E-state index contributed by atoms with van der Waals surface area (Å²) in [6.07, 6.45) is 8.43. The number of unbranched alkanes of at least 4 members (excludes halogenated alkanes) is 2. The molecule has 0 saturated carbocycles. The Labute approximate surface area is 138 Å². The van der Waals surface area contributed by atoms with Gasteiger partial charge in [-0.1, -0.05) is 53.4 Å². The highest BCUT2D eigenvalue weighted by Gasteiger charge is 2.23. The van der Waals surface area contributed by atoms with Gasteiger partial charge in [0.1, 0.15) is 12.2 Å². The highest BCUT2D eigenvalue weighted by atomic mass is 16.7. The van der Waals surface area contributed by atoms with E-state index in [1.807, 2.05) is 13.8 Å². The number of carbonyl (C=O) groups is 1. The van der Waals surface area contributed by atoms with Crippen molar-refractivity contribution in [3.05, 3.63) is 0 Å². The van der Waals surface area contributed by atoms with Crippen LogP contribution in [-0.2, 0) is 9.47 Å². The lowest BCUT2D eigenvalue weighted by molar-refractivity contribution is -0.0250. The number of rotatable bonds is 12. The molecule has 132 valence electrons. The molecule has 0 aromatic rings. The molecule has 0 aliphatic heterocycles. The van der Waals surface area contributed by atoms with Crippen molar-refractivity contribution in [2.45, 2.75) is 105 Å². The summed E-state index contributed by atoms with van der Waals surface area (Å²) in [4.78, 5) is 12.0. The van der Waals surface area contributed by atoms with Gasteiger partial charge in [-0.05, 0) is 51.4 Å². The summed E-state index contributed by atoms with van der Waals surface area (Å²) in [6.45, 7) is 12.7. The lowest BCUT2D eigenvalue weighted by Gasteiger charge is -2.26. The van der Waals surface area contributed by atoms with E-state index in [4.69, 9.17) is 9.47 Å². The number of carbonyl (C=O) groups excluding carboxylic acids is 1. The minimum atomic E-state index is -0.495. The standard InChI is InChI=1S/C19H38O3/c1-7-11-13-17(9-3)15(5)21-19(20)22-16(6)18(10-4)14-12-8-2/h15-18H,7-14H2,1-6H3. The molecule has 3 heteroatoms. The van der Waals surface area contributed by atoms with Crippen molar-refractivity contribution in [3.8, 4) is 0 Å². The van der Waals surface area contributed by atoms with Gasteiger partial charge in [-0.15, -0.1) is 0 Å². The maximum atomic E-state index is 12.0. The molecule has 3 nitrogen and oxygen atoms in total. The van der Waals surface area contributed by atoms with Crippen molar-refractivity contribution >= 4 is 6.16 Å². The zero-order chi connectivity index (χ0) is 17.0. The van der Waals surface area contributed by atoms with E-state index in [-0.39, 0.29) is 12.2 Å². The fourth-order valence-corrected chi connectivity index (χ4v) is 3.00. The molecule has 0 aromatic carbocycles. The summed E-state index contributed by atoms with van der Waals surface area (Å²) in [5.41, 5.74) is 0. The van der Waals surface area contributed by atoms with Crippen molar-refractivity contribution in [2.75, 3.05) is 0 Å². The molecule has 0 heterocycles. The van der Waals surface area contributed by atoms with Crippen molar-refractivity contribution in [2.24, 2.45) is 11.8 Å². The number of hydrogen-bond acceptors (Lipinski definition) is 3. The predicted molar refractivity (Wildman–Crippen MR) is 93.1 cm³/mol. The Bertz CT molecular complexity index is 252. The van der Waals surface area contributed by atoms with Crippen LogP contribution in [0.4, 0.5) is 4.79 Å². The molecule has 0 aliphatic carbocycles. The van der Waals surface area contributed by atoms with Gasteiger partial charge in [0.15, 0.2) is 0 Å². The van der Waals surface area contributed by atoms with Crippen LogP contribution in [-0.4, -0.2) is 18.4 Å². The van der Waals surface area contributed by atoms with Gasteiger partial charge in [-0.25, -0.2) is 4.79 Å². The van der Waals surface area contributed by atoms with Crippen LogP contribution in [0.3, 0.4) is 0 Å². The molecule has 0 N–H and O–H groups in total. The topological polar surface area (TPSA) is 35.5 Å².